The molecular weight excluding hydrogens is 203 g/mol. The van der Waals surface area contributed by atoms with Crippen molar-refractivity contribution in [1.82, 2.24) is 5.43 Å². The van der Waals surface area contributed by atoms with Crippen molar-refractivity contribution in [2.75, 3.05) is 0 Å². The second kappa shape index (κ2) is 2.30. The molecule has 7 heavy (non-hydrogen) atoms. The average molecular weight is 208 g/mol. The van der Waals surface area contributed by atoms with E-state index < -0.39 is 0 Å². The maximum absolute atomic E-state index is 3.79. The largest absolute Gasteiger partial charge is 0.293 e. The first-order valence-corrected chi connectivity index (χ1v) is 3.23. The van der Waals surface area contributed by atoms with E-state index in [9.17, 15) is 0 Å². The molecule has 38 valence electrons. The van der Waals surface area contributed by atoms with Crippen LogP contribution in [-0.4, -0.2) is 10.3 Å². The van der Waals surface area contributed by atoms with Gasteiger partial charge in [-0.1, -0.05) is 22.6 Å². The first kappa shape index (κ1) is 5.08. The molecule has 1 atom stereocenters. The van der Waals surface area contributed by atoms with Crippen molar-refractivity contribution in [2.45, 2.75) is 4.05 Å². The second-order valence-corrected chi connectivity index (χ2v) is 2.54. The topological polar surface area (TPSA) is 24.4 Å². The fraction of sp³-hybridized carbons (Fsp3) is 0.250. The van der Waals surface area contributed by atoms with E-state index in [0.717, 1.165) is 0 Å². The Hall–Kier alpha value is -0.0600. The highest BCUT2D eigenvalue weighted by Crippen LogP contribution is 1.98. The minimum absolute atomic E-state index is 0.377. The van der Waals surface area contributed by atoms with Gasteiger partial charge in [-0.3, -0.25) is 5.43 Å². The van der Waals surface area contributed by atoms with Crippen LogP contribution in [0.3, 0.4) is 0 Å². The van der Waals surface area contributed by atoms with Gasteiger partial charge in [0.15, 0.2) is 0 Å². The summed E-state index contributed by atoms with van der Waals surface area (Å²) in [5, 5.41) is 3.79. The molecule has 0 spiro atoms. The van der Waals surface area contributed by atoms with Crippen molar-refractivity contribution >= 4 is 28.8 Å². The van der Waals surface area contributed by atoms with Gasteiger partial charge >= 0.3 is 0 Å². The van der Waals surface area contributed by atoms with Crippen molar-refractivity contribution in [1.29, 1.82) is 0 Å². The number of alkyl halides is 1. The number of hydrogen-bond acceptors (Lipinski definition) is 2. The zero-order chi connectivity index (χ0) is 5.11. The summed E-state index contributed by atoms with van der Waals surface area (Å²) in [4.78, 5) is 0. The summed E-state index contributed by atoms with van der Waals surface area (Å²) >= 11 is 2.25. The first-order valence-electron chi connectivity index (χ1n) is 1.99. The van der Waals surface area contributed by atoms with E-state index in [0.29, 0.717) is 4.05 Å². The number of rotatable bonds is 0. The Labute approximate surface area is 55.8 Å². The normalized spacial score (nSPS) is 27.3. The Kier molecular flexibility index (Phi) is 1.67. The molecule has 0 aromatic heterocycles. The molecule has 1 unspecified atom stereocenters. The summed E-state index contributed by atoms with van der Waals surface area (Å²) in [6, 6.07) is 0. The number of nitrogens with one attached hydrogen (secondary N) is 1. The summed E-state index contributed by atoms with van der Waals surface area (Å²) < 4.78 is 0.377. The summed E-state index contributed by atoms with van der Waals surface area (Å²) in [5.74, 6) is 0. The zero-order valence-electron chi connectivity index (χ0n) is 3.63. The molecule has 0 aromatic rings. The summed E-state index contributed by atoms with van der Waals surface area (Å²) in [7, 11) is 0. The highest BCUT2D eigenvalue weighted by molar-refractivity contribution is 14.1. The van der Waals surface area contributed by atoms with Crippen LogP contribution < -0.4 is 5.43 Å². The van der Waals surface area contributed by atoms with Gasteiger partial charge in [-0.05, 0) is 12.2 Å². The van der Waals surface area contributed by atoms with Crippen LogP contribution in [0.1, 0.15) is 0 Å². The van der Waals surface area contributed by atoms with E-state index in [1.807, 2.05) is 12.2 Å². The molecule has 0 saturated carbocycles. The molecule has 1 rings (SSSR count). The lowest BCUT2D eigenvalue weighted by molar-refractivity contribution is 0.801. The molecule has 3 heteroatoms. The van der Waals surface area contributed by atoms with E-state index in [-0.39, 0.29) is 0 Å². The number of hydrogen-bond donors (Lipinski definition) is 1. The lowest BCUT2D eigenvalue weighted by Crippen LogP contribution is -2.16. The van der Waals surface area contributed by atoms with Crippen LogP contribution in [0.5, 0.6) is 0 Å². The lowest BCUT2D eigenvalue weighted by Gasteiger charge is -2.04. The lowest BCUT2D eigenvalue weighted by atomic mass is 10.5. The third kappa shape index (κ3) is 1.46. The summed E-state index contributed by atoms with van der Waals surface area (Å²) in [6.07, 6.45) is 5.69. The molecule has 0 bridgehead atoms. The van der Waals surface area contributed by atoms with Crippen molar-refractivity contribution in [3.8, 4) is 0 Å². The molecule has 0 fully saturated rings. The van der Waals surface area contributed by atoms with Gasteiger partial charge in [0.25, 0.3) is 0 Å². The maximum atomic E-state index is 3.79. The standard InChI is InChI=1S/C4H5IN2/c5-4-2-1-3-6-7-4/h1-4,7H. The Morgan fingerprint density at radius 3 is 2.86 bits per heavy atom. The quantitative estimate of drug-likeness (QED) is 0.357. The number of allylic oxidation sites excluding steroid dienone is 1. The number of hydrazone groups is 1. The zero-order valence-corrected chi connectivity index (χ0v) is 5.79. The predicted molar refractivity (Wildman–Crippen MR) is 38.6 cm³/mol. The smallest absolute Gasteiger partial charge is 0.113 e. The van der Waals surface area contributed by atoms with Gasteiger partial charge in [0, 0.05) is 6.21 Å². The molecule has 1 aliphatic heterocycles. The Bertz CT molecular complexity index is 108. The molecule has 0 amide bonds. The molecule has 0 saturated heterocycles. The van der Waals surface area contributed by atoms with Crippen molar-refractivity contribution in [3.63, 3.8) is 0 Å². The van der Waals surface area contributed by atoms with Crippen LogP contribution in [0.4, 0.5) is 0 Å². The molecule has 1 aliphatic rings. The van der Waals surface area contributed by atoms with Crippen LogP contribution in [-0.2, 0) is 0 Å². The average Bonchev–Trinajstić information content (AvgIpc) is 1.69. The van der Waals surface area contributed by atoms with E-state index >= 15 is 0 Å². The van der Waals surface area contributed by atoms with Gasteiger partial charge < -0.3 is 0 Å². The van der Waals surface area contributed by atoms with Crippen LogP contribution in [0.25, 0.3) is 0 Å². The summed E-state index contributed by atoms with van der Waals surface area (Å²) in [5.41, 5.74) is 2.85. The van der Waals surface area contributed by atoms with Gasteiger partial charge in [-0.2, -0.15) is 5.10 Å². The summed E-state index contributed by atoms with van der Waals surface area (Å²) in [6.45, 7) is 0. The highest BCUT2D eigenvalue weighted by atomic mass is 127. The van der Waals surface area contributed by atoms with Gasteiger partial charge in [0.05, 0.1) is 0 Å². The van der Waals surface area contributed by atoms with Crippen molar-refractivity contribution in [2.24, 2.45) is 5.10 Å². The van der Waals surface area contributed by atoms with Crippen molar-refractivity contribution < 1.29 is 0 Å². The van der Waals surface area contributed by atoms with Gasteiger partial charge in [0.1, 0.15) is 4.05 Å². The fourth-order valence-corrected chi connectivity index (χ4v) is 0.748. The highest BCUT2D eigenvalue weighted by Gasteiger charge is 1.93. The number of halogens is 1. The van der Waals surface area contributed by atoms with E-state index in [4.69, 9.17) is 0 Å². The van der Waals surface area contributed by atoms with E-state index in [2.05, 4.69) is 33.1 Å². The SMILES string of the molecule is IC1C=CC=NN1. The molecule has 1 N–H and O–H groups in total. The van der Waals surface area contributed by atoms with Crippen LogP contribution in [0, 0.1) is 0 Å². The molecule has 0 aromatic carbocycles. The molecular formula is C4H5IN2. The minimum atomic E-state index is 0.377. The molecule has 0 aliphatic carbocycles. The van der Waals surface area contributed by atoms with Crippen LogP contribution in [0.15, 0.2) is 17.3 Å². The van der Waals surface area contributed by atoms with E-state index in [1.54, 1.807) is 6.21 Å². The van der Waals surface area contributed by atoms with Gasteiger partial charge in [0.2, 0.25) is 0 Å². The third-order valence-corrected chi connectivity index (χ3v) is 1.33. The van der Waals surface area contributed by atoms with E-state index in [1.165, 1.54) is 0 Å². The minimum Gasteiger partial charge on any atom is -0.293 e. The van der Waals surface area contributed by atoms with Gasteiger partial charge in [-0.25, -0.2) is 0 Å². The predicted octanol–water partition coefficient (Wildman–Crippen LogP) is 0.893. The molecule has 1 heterocycles. The maximum Gasteiger partial charge on any atom is 0.113 e. The second-order valence-electron chi connectivity index (χ2n) is 1.19. The Morgan fingerprint density at radius 1 is 1.71 bits per heavy atom. The van der Waals surface area contributed by atoms with Crippen molar-refractivity contribution in [3.05, 3.63) is 12.2 Å². The van der Waals surface area contributed by atoms with Crippen LogP contribution in [0.2, 0.25) is 0 Å². The number of nitrogens with zero attached hydrogens (tertiary/aromatic N) is 1. The first-order chi connectivity index (χ1) is 3.39. The van der Waals surface area contributed by atoms with Gasteiger partial charge in [-0.15, -0.1) is 0 Å². The third-order valence-electron chi connectivity index (χ3n) is 0.639. The monoisotopic (exact) mass is 208 g/mol. The Morgan fingerprint density at radius 2 is 2.57 bits per heavy atom. The molecule has 0 radical (unpaired) electrons. The van der Waals surface area contributed by atoms with Crippen LogP contribution >= 0.6 is 22.6 Å². The Balaban J connectivity index is 2.49. The fourth-order valence-electron chi connectivity index (χ4n) is 0.348. The molecule has 2 nitrogen and oxygen atoms in total.